The summed E-state index contributed by atoms with van der Waals surface area (Å²) in [6, 6.07) is -0.252. The Balaban J connectivity index is 2.41. The fourth-order valence-electron chi connectivity index (χ4n) is 1.64. The molecule has 1 saturated heterocycles. The standard InChI is InChI=1S/C12H22N2O3/c1-8-6-7-14(8)10(15)9(2)13-11(16)17-12(3,4)5/h8-9H,6-7H2,1-5H3,(H,13,16)/t8-,9+/m0/s1. The number of carbonyl (C=O) groups excluding carboxylic acids is 2. The van der Waals surface area contributed by atoms with Crippen molar-refractivity contribution >= 4 is 12.0 Å². The van der Waals surface area contributed by atoms with E-state index in [-0.39, 0.29) is 11.9 Å². The van der Waals surface area contributed by atoms with E-state index in [2.05, 4.69) is 5.32 Å². The van der Waals surface area contributed by atoms with Crippen LogP contribution >= 0.6 is 0 Å². The Morgan fingerprint density at radius 3 is 2.35 bits per heavy atom. The molecule has 17 heavy (non-hydrogen) atoms. The van der Waals surface area contributed by atoms with Gasteiger partial charge < -0.3 is 15.0 Å². The van der Waals surface area contributed by atoms with Crippen LogP contribution in [0, 0.1) is 0 Å². The first-order valence-corrected chi connectivity index (χ1v) is 6.00. The van der Waals surface area contributed by atoms with Gasteiger partial charge in [-0.2, -0.15) is 0 Å². The second kappa shape index (κ2) is 4.94. The Bertz CT molecular complexity index is 309. The zero-order valence-corrected chi connectivity index (χ0v) is 11.2. The zero-order chi connectivity index (χ0) is 13.2. The summed E-state index contributed by atoms with van der Waals surface area (Å²) in [6.45, 7) is 9.82. The Morgan fingerprint density at radius 2 is 2.00 bits per heavy atom. The minimum absolute atomic E-state index is 0.0467. The minimum Gasteiger partial charge on any atom is -0.444 e. The predicted molar refractivity (Wildman–Crippen MR) is 64.6 cm³/mol. The van der Waals surface area contributed by atoms with Crippen LogP contribution in [0.1, 0.15) is 41.0 Å². The molecular weight excluding hydrogens is 220 g/mol. The maximum atomic E-state index is 11.9. The van der Waals surface area contributed by atoms with E-state index >= 15 is 0 Å². The maximum absolute atomic E-state index is 11.9. The first-order chi connectivity index (χ1) is 7.70. The van der Waals surface area contributed by atoms with E-state index in [1.807, 2.05) is 6.92 Å². The lowest BCUT2D eigenvalue weighted by atomic mass is 10.0. The molecule has 0 unspecified atom stereocenters. The molecule has 1 heterocycles. The first-order valence-electron chi connectivity index (χ1n) is 6.00. The summed E-state index contributed by atoms with van der Waals surface area (Å²) in [5.41, 5.74) is -0.545. The van der Waals surface area contributed by atoms with Crippen LogP contribution in [0.2, 0.25) is 0 Å². The third-order valence-electron chi connectivity index (χ3n) is 2.71. The molecule has 0 aliphatic carbocycles. The third-order valence-corrected chi connectivity index (χ3v) is 2.71. The maximum Gasteiger partial charge on any atom is 0.408 e. The molecule has 2 atom stereocenters. The highest BCUT2D eigenvalue weighted by atomic mass is 16.6. The van der Waals surface area contributed by atoms with Crippen LogP contribution in [-0.2, 0) is 9.53 Å². The van der Waals surface area contributed by atoms with Gasteiger partial charge in [-0.1, -0.05) is 0 Å². The lowest BCUT2D eigenvalue weighted by molar-refractivity contribution is -0.140. The summed E-state index contributed by atoms with van der Waals surface area (Å²) in [7, 11) is 0. The Morgan fingerprint density at radius 1 is 1.41 bits per heavy atom. The van der Waals surface area contributed by atoms with Crippen molar-refractivity contribution < 1.29 is 14.3 Å². The molecule has 1 rings (SSSR count). The van der Waals surface area contributed by atoms with Crippen molar-refractivity contribution in [3.8, 4) is 0 Å². The van der Waals surface area contributed by atoms with Crippen LogP contribution in [0.25, 0.3) is 0 Å². The Kier molecular flexibility index (Phi) is 4.01. The molecule has 0 saturated carbocycles. The summed E-state index contributed by atoms with van der Waals surface area (Å²) in [5.74, 6) is -0.0467. The second-order valence-electron chi connectivity index (χ2n) is 5.54. The van der Waals surface area contributed by atoms with Gasteiger partial charge in [0.25, 0.3) is 0 Å². The molecule has 0 aromatic heterocycles. The number of rotatable bonds is 2. The number of alkyl carbamates (subject to hydrolysis) is 1. The van der Waals surface area contributed by atoms with Crippen LogP contribution < -0.4 is 5.32 Å². The number of carbonyl (C=O) groups is 2. The van der Waals surface area contributed by atoms with Crippen LogP contribution in [0.4, 0.5) is 4.79 Å². The largest absolute Gasteiger partial charge is 0.444 e. The molecule has 5 nitrogen and oxygen atoms in total. The van der Waals surface area contributed by atoms with E-state index in [9.17, 15) is 9.59 Å². The molecule has 98 valence electrons. The third kappa shape index (κ3) is 3.91. The Hall–Kier alpha value is -1.26. The molecule has 0 radical (unpaired) electrons. The van der Waals surface area contributed by atoms with Gasteiger partial charge in [0.1, 0.15) is 11.6 Å². The summed E-state index contributed by atoms with van der Waals surface area (Å²) >= 11 is 0. The lowest BCUT2D eigenvalue weighted by Gasteiger charge is -2.40. The normalized spacial score (nSPS) is 21.5. The van der Waals surface area contributed by atoms with Crippen molar-refractivity contribution in [2.75, 3.05) is 6.54 Å². The van der Waals surface area contributed by atoms with Crippen LogP contribution in [0.15, 0.2) is 0 Å². The van der Waals surface area contributed by atoms with Gasteiger partial charge in [-0.25, -0.2) is 4.79 Å². The summed E-state index contributed by atoms with van der Waals surface area (Å²) < 4.78 is 5.10. The molecule has 1 fully saturated rings. The number of ether oxygens (including phenoxy) is 1. The van der Waals surface area contributed by atoms with E-state index in [0.717, 1.165) is 13.0 Å². The average Bonchev–Trinajstić information content (AvgIpc) is 2.12. The van der Waals surface area contributed by atoms with E-state index in [1.54, 1.807) is 32.6 Å². The van der Waals surface area contributed by atoms with E-state index in [0.29, 0.717) is 0 Å². The summed E-state index contributed by atoms with van der Waals surface area (Å²) in [5, 5.41) is 2.55. The summed E-state index contributed by atoms with van der Waals surface area (Å²) in [4.78, 5) is 25.1. The number of hydrogen-bond donors (Lipinski definition) is 1. The average molecular weight is 242 g/mol. The highest BCUT2D eigenvalue weighted by Crippen LogP contribution is 2.17. The van der Waals surface area contributed by atoms with Crippen molar-refractivity contribution in [1.29, 1.82) is 0 Å². The van der Waals surface area contributed by atoms with Gasteiger partial charge in [0.2, 0.25) is 5.91 Å². The first kappa shape index (κ1) is 13.8. The van der Waals surface area contributed by atoms with Crippen LogP contribution in [-0.4, -0.2) is 41.1 Å². The number of likely N-dealkylation sites (tertiary alicyclic amines) is 1. The molecule has 1 N–H and O–H groups in total. The van der Waals surface area contributed by atoms with Gasteiger partial charge >= 0.3 is 6.09 Å². The van der Waals surface area contributed by atoms with Crippen molar-refractivity contribution in [3.05, 3.63) is 0 Å². The highest BCUT2D eigenvalue weighted by Gasteiger charge is 2.32. The molecule has 0 aromatic carbocycles. The second-order valence-corrected chi connectivity index (χ2v) is 5.54. The number of hydrogen-bond acceptors (Lipinski definition) is 3. The van der Waals surface area contributed by atoms with Gasteiger partial charge in [0.05, 0.1) is 0 Å². The number of nitrogens with zero attached hydrogens (tertiary/aromatic N) is 1. The molecule has 0 aromatic rings. The minimum atomic E-state index is -0.550. The Labute approximate surface area is 102 Å². The molecule has 1 aliphatic rings. The van der Waals surface area contributed by atoms with Gasteiger partial charge in [0.15, 0.2) is 0 Å². The fraction of sp³-hybridized carbons (Fsp3) is 0.833. The van der Waals surface area contributed by atoms with Crippen molar-refractivity contribution in [3.63, 3.8) is 0 Å². The number of amides is 2. The molecule has 5 heteroatoms. The van der Waals surface area contributed by atoms with Crippen molar-refractivity contribution in [1.82, 2.24) is 10.2 Å². The van der Waals surface area contributed by atoms with Crippen molar-refractivity contribution in [2.24, 2.45) is 0 Å². The topological polar surface area (TPSA) is 58.6 Å². The molecule has 0 bridgehead atoms. The number of nitrogens with one attached hydrogen (secondary N) is 1. The predicted octanol–water partition coefficient (Wildman–Crippen LogP) is 1.52. The monoisotopic (exact) mass is 242 g/mol. The molecular formula is C12H22N2O3. The van der Waals surface area contributed by atoms with Gasteiger partial charge in [-0.15, -0.1) is 0 Å². The quantitative estimate of drug-likeness (QED) is 0.798. The molecule has 1 aliphatic heterocycles. The molecule has 0 spiro atoms. The fourth-order valence-corrected chi connectivity index (χ4v) is 1.64. The highest BCUT2D eigenvalue weighted by molar-refractivity contribution is 5.86. The zero-order valence-electron chi connectivity index (χ0n) is 11.2. The smallest absolute Gasteiger partial charge is 0.408 e. The van der Waals surface area contributed by atoms with E-state index in [4.69, 9.17) is 4.74 Å². The van der Waals surface area contributed by atoms with Gasteiger partial charge in [-0.05, 0) is 41.0 Å². The van der Waals surface area contributed by atoms with Crippen LogP contribution in [0.5, 0.6) is 0 Å². The van der Waals surface area contributed by atoms with E-state index < -0.39 is 17.7 Å². The summed E-state index contributed by atoms with van der Waals surface area (Å²) in [6.07, 6.45) is 0.483. The van der Waals surface area contributed by atoms with E-state index in [1.165, 1.54) is 0 Å². The van der Waals surface area contributed by atoms with Crippen LogP contribution in [0.3, 0.4) is 0 Å². The lowest BCUT2D eigenvalue weighted by Crippen LogP contribution is -2.56. The SMILES string of the molecule is C[C@@H](NC(=O)OC(C)(C)C)C(=O)N1CC[C@@H]1C. The van der Waals surface area contributed by atoms with Gasteiger partial charge in [-0.3, -0.25) is 4.79 Å². The molecule has 2 amide bonds. The van der Waals surface area contributed by atoms with Crippen molar-refractivity contribution in [2.45, 2.75) is 58.7 Å². The van der Waals surface area contributed by atoms with Gasteiger partial charge in [0, 0.05) is 12.6 Å².